The van der Waals surface area contributed by atoms with E-state index in [1.807, 2.05) is 0 Å². The Bertz CT molecular complexity index is 263. The lowest BCUT2D eigenvalue weighted by molar-refractivity contribution is 0.414. The molecular weight excluding hydrogens is 166 g/mol. The SMILES string of the molecule is CCCn1c(O)csc1=S. The zero-order chi connectivity index (χ0) is 7.56. The van der Waals surface area contributed by atoms with Crippen LogP contribution < -0.4 is 0 Å². The van der Waals surface area contributed by atoms with Crippen LogP contribution in [0.1, 0.15) is 13.3 Å². The van der Waals surface area contributed by atoms with E-state index in [1.54, 1.807) is 9.95 Å². The first kappa shape index (κ1) is 7.75. The Kier molecular flexibility index (Phi) is 2.45. The quantitative estimate of drug-likeness (QED) is 0.698. The number of thiazole rings is 1. The Hall–Kier alpha value is -0.350. The molecule has 0 bridgehead atoms. The van der Waals surface area contributed by atoms with E-state index in [0.717, 1.165) is 16.9 Å². The van der Waals surface area contributed by atoms with Gasteiger partial charge in [0.1, 0.15) is 0 Å². The van der Waals surface area contributed by atoms with E-state index in [-0.39, 0.29) is 5.88 Å². The van der Waals surface area contributed by atoms with E-state index in [1.165, 1.54) is 11.3 Å². The fourth-order valence-corrected chi connectivity index (χ4v) is 1.73. The summed E-state index contributed by atoms with van der Waals surface area (Å²) >= 11 is 6.36. The van der Waals surface area contributed by atoms with Gasteiger partial charge in [0.15, 0.2) is 3.95 Å². The standard InChI is InChI=1S/C6H9NOS2/c1-2-3-7-5(8)4-10-6(7)9/h4,8H,2-3H2,1H3. The summed E-state index contributed by atoms with van der Waals surface area (Å²) in [6.45, 7) is 2.87. The summed E-state index contributed by atoms with van der Waals surface area (Å²) in [5.74, 6) is 0.289. The first-order chi connectivity index (χ1) is 4.75. The van der Waals surface area contributed by atoms with Crippen LogP contribution in [0.4, 0.5) is 0 Å². The smallest absolute Gasteiger partial charge is 0.202 e. The molecule has 1 heterocycles. The fourth-order valence-electron chi connectivity index (χ4n) is 0.753. The van der Waals surface area contributed by atoms with E-state index in [4.69, 9.17) is 17.3 Å². The Labute approximate surface area is 68.7 Å². The van der Waals surface area contributed by atoms with E-state index in [0.29, 0.717) is 0 Å². The van der Waals surface area contributed by atoms with Crippen molar-refractivity contribution in [3.8, 4) is 5.88 Å². The highest BCUT2D eigenvalue weighted by Crippen LogP contribution is 2.16. The predicted molar refractivity (Wildman–Crippen MR) is 45.1 cm³/mol. The van der Waals surface area contributed by atoms with E-state index in [9.17, 15) is 0 Å². The second kappa shape index (κ2) is 3.16. The number of hydrogen-bond acceptors (Lipinski definition) is 3. The first-order valence-electron chi connectivity index (χ1n) is 3.13. The topological polar surface area (TPSA) is 25.2 Å². The number of aromatic hydroxyl groups is 1. The number of hydrogen-bond donors (Lipinski definition) is 1. The van der Waals surface area contributed by atoms with Crippen LogP contribution >= 0.6 is 23.6 Å². The lowest BCUT2D eigenvalue weighted by Crippen LogP contribution is -1.93. The van der Waals surface area contributed by atoms with E-state index >= 15 is 0 Å². The third-order valence-electron chi connectivity index (χ3n) is 1.21. The molecule has 10 heavy (non-hydrogen) atoms. The van der Waals surface area contributed by atoms with Crippen LogP contribution in [-0.2, 0) is 6.54 Å². The van der Waals surface area contributed by atoms with Crippen molar-refractivity contribution in [2.24, 2.45) is 0 Å². The molecule has 0 fully saturated rings. The van der Waals surface area contributed by atoms with Crippen LogP contribution in [0.5, 0.6) is 5.88 Å². The number of aromatic nitrogens is 1. The highest BCUT2D eigenvalue weighted by atomic mass is 32.1. The molecule has 0 aliphatic heterocycles. The van der Waals surface area contributed by atoms with Crippen molar-refractivity contribution >= 4 is 23.6 Å². The summed E-state index contributed by atoms with van der Waals surface area (Å²) in [5, 5.41) is 10.8. The molecular formula is C6H9NOS2. The van der Waals surface area contributed by atoms with E-state index in [2.05, 4.69) is 6.92 Å². The zero-order valence-corrected chi connectivity index (χ0v) is 7.34. The summed E-state index contributed by atoms with van der Waals surface area (Å²) in [5.41, 5.74) is 0. The van der Waals surface area contributed by atoms with Gasteiger partial charge in [0.05, 0.1) is 5.38 Å². The molecule has 0 atom stereocenters. The fraction of sp³-hybridized carbons (Fsp3) is 0.500. The van der Waals surface area contributed by atoms with Crippen LogP contribution in [0.15, 0.2) is 5.38 Å². The highest BCUT2D eigenvalue weighted by molar-refractivity contribution is 7.73. The average Bonchev–Trinajstić information content (AvgIpc) is 2.20. The van der Waals surface area contributed by atoms with Gasteiger partial charge < -0.3 is 5.11 Å². The summed E-state index contributed by atoms with van der Waals surface area (Å²) < 4.78 is 2.49. The lowest BCUT2D eigenvalue weighted by atomic mass is 10.5. The largest absolute Gasteiger partial charge is 0.494 e. The third kappa shape index (κ3) is 1.38. The van der Waals surface area contributed by atoms with Crippen LogP contribution in [-0.4, -0.2) is 9.67 Å². The molecule has 4 heteroatoms. The molecule has 2 nitrogen and oxygen atoms in total. The molecule has 0 saturated carbocycles. The Morgan fingerprint density at radius 2 is 2.50 bits per heavy atom. The van der Waals surface area contributed by atoms with Gasteiger partial charge in [-0.25, -0.2) is 0 Å². The lowest BCUT2D eigenvalue weighted by Gasteiger charge is -1.98. The van der Waals surface area contributed by atoms with Gasteiger partial charge in [-0.1, -0.05) is 6.92 Å². The zero-order valence-electron chi connectivity index (χ0n) is 5.70. The summed E-state index contributed by atoms with van der Waals surface area (Å²) in [4.78, 5) is 0. The van der Waals surface area contributed by atoms with Crippen molar-refractivity contribution in [3.05, 3.63) is 9.33 Å². The van der Waals surface area contributed by atoms with Gasteiger partial charge in [-0.3, -0.25) is 4.57 Å². The average molecular weight is 175 g/mol. The maximum absolute atomic E-state index is 9.17. The molecule has 0 saturated heterocycles. The van der Waals surface area contributed by atoms with Crippen LogP contribution in [0.25, 0.3) is 0 Å². The minimum atomic E-state index is 0.289. The van der Waals surface area contributed by atoms with Crippen molar-refractivity contribution < 1.29 is 5.11 Å². The molecule has 0 spiro atoms. The Morgan fingerprint density at radius 1 is 1.80 bits per heavy atom. The van der Waals surface area contributed by atoms with Crippen molar-refractivity contribution in [1.29, 1.82) is 0 Å². The Balaban J connectivity index is 2.99. The summed E-state index contributed by atoms with van der Waals surface area (Å²) in [6.07, 6.45) is 0.999. The van der Waals surface area contributed by atoms with Gasteiger partial charge in [-0.05, 0) is 18.6 Å². The van der Waals surface area contributed by atoms with Crippen molar-refractivity contribution in [2.45, 2.75) is 19.9 Å². The van der Waals surface area contributed by atoms with Crippen LogP contribution in [0, 0.1) is 3.95 Å². The second-order valence-corrected chi connectivity index (χ2v) is 3.51. The van der Waals surface area contributed by atoms with Gasteiger partial charge in [0.2, 0.25) is 5.88 Å². The summed E-state index contributed by atoms with van der Waals surface area (Å²) in [6, 6.07) is 0. The summed E-state index contributed by atoms with van der Waals surface area (Å²) in [7, 11) is 0. The van der Waals surface area contributed by atoms with Gasteiger partial charge in [0, 0.05) is 6.54 Å². The first-order valence-corrected chi connectivity index (χ1v) is 4.41. The monoisotopic (exact) mass is 175 g/mol. The van der Waals surface area contributed by atoms with Crippen LogP contribution in [0.3, 0.4) is 0 Å². The molecule has 1 aromatic heterocycles. The third-order valence-corrected chi connectivity index (χ3v) is 2.47. The van der Waals surface area contributed by atoms with Crippen molar-refractivity contribution in [1.82, 2.24) is 4.57 Å². The molecule has 1 aromatic rings. The van der Waals surface area contributed by atoms with Gasteiger partial charge >= 0.3 is 0 Å². The maximum atomic E-state index is 9.17. The molecule has 0 aromatic carbocycles. The van der Waals surface area contributed by atoms with E-state index < -0.39 is 0 Å². The van der Waals surface area contributed by atoms with Gasteiger partial charge in [0.25, 0.3) is 0 Å². The molecule has 0 amide bonds. The normalized spacial score (nSPS) is 10.1. The molecule has 1 rings (SSSR count). The highest BCUT2D eigenvalue weighted by Gasteiger charge is 1.98. The van der Waals surface area contributed by atoms with Crippen molar-refractivity contribution in [3.63, 3.8) is 0 Å². The van der Waals surface area contributed by atoms with Crippen molar-refractivity contribution in [2.75, 3.05) is 0 Å². The molecule has 1 N–H and O–H groups in total. The predicted octanol–water partition coefficient (Wildman–Crippen LogP) is 2.39. The molecule has 0 aliphatic carbocycles. The molecule has 0 radical (unpaired) electrons. The number of nitrogens with zero attached hydrogens (tertiary/aromatic N) is 1. The second-order valence-electron chi connectivity index (χ2n) is 2.01. The van der Waals surface area contributed by atoms with Crippen LogP contribution in [0.2, 0.25) is 0 Å². The van der Waals surface area contributed by atoms with Gasteiger partial charge in [-0.2, -0.15) is 0 Å². The number of rotatable bonds is 2. The molecule has 56 valence electrons. The maximum Gasteiger partial charge on any atom is 0.202 e. The Morgan fingerprint density at radius 3 is 2.90 bits per heavy atom. The molecule has 0 aliphatic rings. The molecule has 0 unspecified atom stereocenters. The minimum Gasteiger partial charge on any atom is -0.494 e. The van der Waals surface area contributed by atoms with Gasteiger partial charge in [-0.15, -0.1) is 11.3 Å². The minimum absolute atomic E-state index is 0.289.